The van der Waals surface area contributed by atoms with Crippen LogP contribution in [-0.2, 0) is 4.79 Å². The Balaban J connectivity index is 1.25. The van der Waals surface area contributed by atoms with Crippen molar-refractivity contribution in [3.63, 3.8) is 0 Å². The average Bonchev–Trinajstić information content (AvgIpc) is 2.77. The highest BCUT2D eigenvalue weighted by atomic mass is 35.5. The third-order valence-corrected chi connectivity index (χ3v) is 6.08. The first kappa shape index (κ1) is 20.0. The van der Waals surface area contributed by atoms with Gasteiger partial charge in [0.15, 0.2) is 0 Å². The number of halogens is 1. The summed E-state index contributed by atoms with van der Waals surface area (Å²) in [5.74, 6) is 1.25. The second-order valence-corrected chi connectivity index (χ2v) is 8.19. The maximum Gasteiger partial charge on any atom is 0.236 e. The number of aryl methyl sites for hydroxylation is 1. The van der Waals surface area contributed by atoms with E-state index in [1.54, 1.807) is 0 Å². The number of benzene rings is 1. The van der Waals surface area contributed by atoms with Crippen LogP contribution in [0.4, 0.5) is 11.5 Å². The fraction of sp³-hybridized carbons (Fsp3) is 0.455. The molecule has 2 aliphatic rings. The SMILES string of the molecule is Cc1ccc(Cl)cc1N1CCN(C(=O)CN2CCN(c3ccccn3)CC2)CC1. The highest BCUT2D eigenvalue weighted by Crippen LogP contribution is 2.25. The normalized spacial score (nSPS) is 18.2. The summed E-state index contributed by atoms with van der Waals surface area (Å²) in [6, 6.07) is 12.0. The molecule has 2 aliphatic heterocycles. The highest BCUT2D eigenvalue weighted by Gasteiger charge is 2.25. The van der Waals surface area contributed by atoms with Crippen molar-refractivity contribution in [3.05, 3.63) is 53.2 Å². The first-order chi connectivity index (χ1) is 14.1. The van der Waals surface area contributed by atoms with Gasteiger partial charge in [-0.25, -0.2) is 4.98 Å². The van der Waals surface area contributed by atoms with Gasteiger partial charge in [-0.3, -0.25) is 9.69 Å². The Kier molecular flexibility index (Phi) is 6.21. The summed E-state index contributed by atoms with van der Waals surface area (Å²) in [5, 5.41) is 0.758. The molecule has 2 fully saturated rings. The molecule has 1 amide bonds. The molecule has 2 aromatic rings. The lowest BCUT2D eigenvalue weighted by Crippen LogP contribution is -2.54. The minimum absolute atomic E-state index is 0.235. The Morgan fingerprint density at radius 2 is 1.69 bits per heavy atom. The fourth-order valence-corrected chi connectivity index (χ4v) is 4.25. The molecule has 154 valence electrons. The van der Waals surface area contributed by atoms with Gasteiger partial charge in [0.1, 0.15) is 5.82 Å². The van der Waals surface area contributed by atoms with Crippen LogP contribution in [-0.4, -0.2) is 79.6 Å². The summed E-state index contributed by atoms with van der Waals surface area (Å²) < 4.78 is 0. The average molecular weight is 414 g/mol. The molecule has 7 heteroatoms. The van der Waals surface area contributed by atoms with Gasteiger partial charge in [0, 0.05) is 69.3 Å². The molecule has 3 heterocycles. The number of piperazine rings is 2. The zero-order chi connectivity index (χ0) is 20.2. The van der Waals surface area contributed by atoms with Crippen molar-refractivity contribution >= 4 is 29.0 Å². The number of aromatic nitrogens is 1. The molecule has 0 radical (unpaired) electrons. The summed E-state index contributed by atoms with van der Waals surface area (Å²) in [6.07, 6.45) is 1.83. The molecule has 1 aromatic carbocycles. The topological polar surface area (TPSA) is 42.9 Å². The van der Waals surface area contributed by atoms with Gasteiger partial charge in [0.2, 0.25) is 5.91 Å². The molecule has 0 atom stereocenters. The van der Waals surface area contributed by atoms with Gasteiger partial charge in [0.05, 0.1) is 6.54 Å². The second-order valence-electron chi connectivity index (χ2n) is 7.75. The Morgan fingerprint density at radius 1 is 0.966 bits per heavy atom. The van der Waals surface area contributed by atoms with Gasteiger partial charge in [-0.05, 0) is 36.8 Å². The Bertz CT molecular complexity index is 830. The Hall–Kier alpha value is -2.31. The fourth-order valence-electron chi connectivity index (χ4n) is 4.09. The van der Waals surface area contributed by atoms with E-state index in [9.17, 15) is 4.79 Å². The van der Waals surface area contributed by atoms with Crippen LogP contribution in [0.2, 0.25) is 5.02 Å². The molecule has 0 unspecified atom stereocenters. The molecule has 0 aliphatic carbocycles. The van der Waals surface area contributed by atoms with Gasteiger partial charge in [-0.15, -0.1) is 0 Å². The molecule has 29 heavy (non-hydrogen) atoms. The maximum absolute atomic E-state index is 12.8. The van der Waals surface area contributed by atoms with E-state index in [0.717, 1.165) is 63.2 Å². The van der Waals surface area contributed by atoms with Crippen molar-refractivity contribution < 1.29 is 4.79 Å². The van der Waals surface area contributed by atoms with E-state index in [0.29, 0.717) is 6.54 Å². The first-order valence-corrected chi connectivity index (χ1v) is 10.7. The lowest BCUT2D eigenvalue weighted by atomic mass is 10.1. The largest absolute Gasteiger partial charge is 0.368 e. The monoisotopic (exact) mass is 413 g/mol. The summed E-state index contributed by atoms with van der Waals surface area (Å²) in [6.45, 7) is 9.43. The van der Waals surface area contributed by atoms with Crippen LogP contribution >= 0.6 is 11.6 Å². The van der Waals surface area contributed by atoms with Crippen LogP contribution in [0.5, 0.6) is 0 Å². The molecule has 0 bridgehead atoms. The van der Waals surface area contributed by atoms with Crippen molar-refractivity contribution in [3.8, 4) is 0 Å². The molecule has 6 nitrogen and oxygen atoms in total. The van der Waals surface area contributed by atoms with Crippen molar-refractivity contribution in [1.82, 2.24) is 14.8 Å². The Labute approximate surface area is 177 Å². The summed E-state index contributed by atoms with van der Waals surface area (Å²) in [7, 11) is 0. The van der Waals surface area contributed by atoms with E-state index in [2.05, 4.69) is 32.7 Å². The van der Waals surface area contributed by atoms with Gasteiger partial charge in [-0.2, -0.15) is 0 Å². The summed E-state index contributed by atoms with van der Waals surface area (Å²) in [5.41, 5.74) is 2.40. The third kappa shape index (κ3) is 4.82. The summed E-state index contributed by atoms with van der Waals surface area (Å²) >= 11 is 6.17. The number of hydrogen-bond donors (Lipinski definition) is 0. The van der Waals surface area contributed by atoms with Gasteiger partial charge < -0.3 is 14.7 Å². The number of anilines is 2. The number of pyridine rings is 1. The molecule has 2 saturated heterocycles. The quantitative estimate of drug-likeness (QED) is 0.770. The lowest BCUT2D eigenvalue weighted by molar-refractivity contribution is -0.132. The predicted octanol–water partition coefficient (Wildman–Crippen LogP) is 2.51. The first-order valence-electron chi connectivity index (χ1n) is 10.3. The number of carbonyl (C=O) groups excluding carboxylic acids is 1. The highest BCUT2D eigenvalue weighted by molar-refractivity contribution is 6.30. The van der Waals surface area contributed by atoms with Crippen molar-refractivity contribution in [2.24, 2.45) is 0 Å². The van der Waals surface area contributed by atoms with E-state index < -0.39 is 0 Å². The zero-order valence-corrected chi connectivity index (χ0v) is 17.7. The summed E-state index contributed by atoms with van der Waals surface area (Å²) in [4.78, 5) is 26.1. The minimum atomic E-state index is 0.235. The number of amides is 1. The molecular weight excluding hydrogens is 386 g/mol. The number of hydrogen-bond acceptors (Lipinski definition) is 5. The van der Waals surface area contributed by atoms with E-state index >= 15 is 0 Å². The van der Waals surface area contributed by atoms with E-state index in [4.69, 9.17) is 11.6 Å². The number of nitrogens with zero attached hydrogens (tertiary/aromatic N) is 5. The smallest absolute Gasteiger partial charge is 0.236 e. The standard InChI is InChI=1S/C22H28ClN5O/c1-18-5-6-19(23)16-20(18)26-12-14-28(15-13-26)22(29)17-25-8-10-27(11-9-25)21-4-2-3-7-24-21/h2-7,16H,8-15,17H2,1H3. The van der Waals surface area contributed by atoms with Crippen LogP contribution < -0.4 is 9.80 Å². The minimum Gasteiger partial charge on any atom is -0.368 e. The van der Waals surface area contributed by atoms with E-state index in [1.807, 2.05) is 41.4 Å². The van der Waals surface area contributed by atoms with Gasteiger partial charge in [0.25, 0.3) is 0 Å². The van der Waals surface area contributed by atoms with Crippen LogP contribution in [0.1, 0.15) is 5.56 Å². The van der Waals surface area contributed by atoms with E-state index in [-0.39, 0.29) is 5.91 Å². The molecule has 4 rings (SSSR count). The maximum atomic E-state index is 12.8. The Morgan fingerprint density at radius 3 is 2.38 bits per heavy atom. The molecule has 1 aromatic heterocycles. The number of carbonyl (C=O) groups is 1. The van der Waals surface area contributed by atoms with Crippen LogP contribution in [0.3, 0.4) is 0 Å². The number of rotatable bonds is 4. The predicted molar refractivity (Wildman–Crippen MR) is 118 cm³/mol. The van der Waals surface area contributed by atoms with Crippen molar-refractivity contribution in [2.45, 2.75) is 6.92 Å². The molecule has 0 saturated carbocycles. The lowest BCUT2D eigenvalue weighted by Gasteiger charge is -2.39. The third-order valence-electron chi connectivity index (χ3n) is 5.85. The second kappa shape index (κ2) is 9.01. The van der Waals surface area contributed by atoms with Gasteiger partial charge >= 0.3 is 0 Å². The van der Waals surface area contributed by atoms with Gasteiger partial charge in [-0.1, -0.05) is 23.7 Å². The molecule has 0 spiro atoms. The van der Waals surface area contributed by atoms with E-state index in [1.165, 1.54) is 11.3 Å². The zero-order valence-electron chi connectivity index (χ0n) is 16.9. The van der Waals surface area contributed by atoms with Crippen molar-refractivity contribution in [2.75, 3.05) is 68.7 Å². The molecule has 0 N–H and O–H groups in total. The van der Waals surface area contributed by atoms with Crippen LogP contribution in [0, 0.1) is 6.92 Å². The van der Waals surface area contributed by atoms with Crippen molar-refractivity contribution in [1.29, 1.82) is 0 Å². The van der Waals surface area contributed by atoms with Crippen LogP contribution in [0.15, 0.2) is 42.6 Å². The van der Waals surface area contributed by atoms with Crippen LogP contribution in [0.25, 0.3) is 0 Å². The molecular formula is C22H28ClN5O.